The molecule has 2 N–H and O–H groups in total. The smallest absolute Gasteiger partial charge is 0.346 e. The van der Waals surface area contributed by atoms with Crippen LogP contribution in [-0.4, -0.2) is 28.3 Å². The van der Waals surface area contributed by atoms with Crippen molar-refractivity contribution >= 4 is 23.2 Å². The van der Waals surface area contributed by atoms with Gasteiger partial charge in [-0.05, 0) is 6.92 Å². The number of hydrogen-bond acceptors (Lipinski definition) is 4. The van der Waals surface area contributed by atoms with Crippen molar-refractivity contribution in [3.8, 4) is 0 Å². The number of carbonyl (C=O) groups excluding carboxylic acids is 1. The minimum Gasteiger partial charge on any atom is -0.385 e. The fourth-order valence-electron chi connectivity index (χ4n) is 1.89. The van der Waals surface area contributed by atoms with E-state index in [1.165, 1.54) is 0 Å². The van der Waals surface area contributed by atoms with Crippen LogP contribution < -0.4 is 5.73 Å². The van der Waals surface area contributed by atoms with Crippen molar-refractivity contribution < 1.29 is 4.79 Å². The number of likely N-dealkylation sites (N-methyl/N-ethyl adjacent to an activating group) is 1. The normalized spacial score (nSPS) is 20.4. The Labute approximate surface area is 111 Å². The number of amides is 2. The Morgan fingerprint density at radius 3 is 2.67 bits per heavy atom. The van der Waals surface area contributed by atoms with E-state index >= 15 is 0 Å². The van der Waals surface area contributed by atoms with Crippen molar-refractivity contribution in [3.05, 3.63) is 16.1 Å². The number of hydrogen-bond donors (Lipinski definition) is 1. The molecular formula is C12H18N4OS. The number of rotatable bonds is 2. The highest BCUT2D eigenvalue weighted by Crippen LogP contribution is 2.31. The third-order valence-corrected chi connectivity index (χ3v) is 4.13. The molecular weight excluding hydrogens is 248 g/mol. The summed E-state index contributed by atoms with van der Waals surface area (Å²) in [5.41, 5.74) is 6.66. The quantitative estimate of drug-likeness (QED) is 0.892. The first-order valence-electron chi connectivity index (χ1n) is 5.95. The predicted octanol–water partition coefficient (Wildman–Crippen LogP) is 2.29. The zero-order chi connectivity index (χ0) is 13.5. The van der Waals surface area contributed by atoms with Gasteiger partial charge in [0.2, 0.25) is 0 Å². The molecule has 0 saturated heterocycles. The number of nitrogens with two attached hydrogens (primary N) is 1. The van der Waals surface area contributed by atoms with Gasteiger partial charge in [-0.25, -0.2) is 9.78 Å². The van der Waals surface area contributed by atoms with E-state index in [0.29, 0.717) is 12.4 Å². The maximum Gasteiger partial charge on any atom is 0.346 e. The molecule has 98 valence electrons. The first-order chi connectivity index (χ1) is 8.34. The second-order valence-electron chi connectivity index (χ2n) is 5.34. The highest BCUT2D eigenvalue weighted by Gasteiger charge is 2.35. The van der Waals surface area contributed by atoms with Crippen LogP contribution >= 0.6 is 11.3 Å². The Balaban J connectivity index is 2.34. The standard InChI is InChI=1S/C12H18N4OS/c1-5-16-8(9(13)15-11(16)17)7-6-18-10(14-7)12(2,3)4/h6,8H,5H2,1-4H3,(H2,13,15,17). The van der Waals surface area contributed by atoms with Crippen molar-refractivity contribution in [2.75, 3.05) is 6.54 Å². The molecule has 1 aromatic rings. The molecule has 6 heteroatoms. The van der Waals surface area contributed by atoms with Gasteiger partial charge < -0.3 is 10.6 Å². The van der Waals surface area contributed by atoms with Crippen LogP contribution in [0.15, 0.2) is 10.4 Å². The van der Waals surface area contributed by atoms with Crippen LogP contribution in [0.5, 0.6) is 0 Å². The molecule has 1 atom stereocenters. The average Bonchev–Trinajstić information content (AvgIpc) is 2.81. The van der Waals surface area contributed by atoms with Crippen LogP contribution in [-0.2, 0) is 5.41 Å². The average molecular weight is 266 g/mol. The summed E-state index contributed by atoms with van der Waals surface area (Å²) >= 11 is 1.60. The topological polar surface area (TPSA) is 71.6 Å². The van der Waals surface area contributed by atoms with Gasteiger partial charge in [0.15, 0.2) is 0 Å². The highest BCUT2D eigenvalue weighted by molar-refractivity contribution is 7.09. The van der Waals surface area contributed by atoms with E-state index in [9.17, 15) is 4.79 Å². The van der Waals surface area contributed by atoms with Gasteiger partial charge >= 0.3 is 6.03 Å². The maximum atomic E-state index is 11.6. The Morgan fingerprint density at radius 1 is 1.50 bits per heavy atom. The van der Waals surface area contributed by atoms with E-state index in [1.807, 2.05) is 12.3 Å². The molecule has 0 aliphatic carbocycles. The molecule has 0 fully saturated rings. The van der Waals surface area contributed by atoms with Crippen LogP contribution in [0.4, 0.5) is 4.79 Å². The van der Waals surface area contributed by atoms with Crippen molar-refractivity contribution in [2.24, 2.45) is 10.7 Å². The van der Waals surface area contributed by atoms with Crippen LogP contribution in [0.1, 0.15) is 44.4 Å². The minimum atomic E-state index is -0.296. The number of nitrogens with zero attached hydrogens (tertiary/aromatic N) is 3. The van der Waals surface area contributed by atoms with Crippen LogP contribution in [0.3, 0.4) is 0 Å². The molecule has 1 aliphatic rings. The number of aromatic nitrogens is 1. The van der Waals surface area contributed by atoms with E-state index in [2.05, 4.69) is 30.7 Å². The second-order valence-corrected chi connectivity index (χ2v) is 6.19. The molecule has 0 spiro atoms. The Morgan fingerprint density at radius 2 is 2.17 bits per heavy atom. The summed E-state index contributed by atoms with van der Waals surface area (Å²) in [6.07, 6.45) is 0. The number of aliphatic imine (C=N–C) groups is 1. The van der Waals surface area contributed by atoms with Crippen molar-refractivity contribution in [1.29, 1.82) is 0 Å². The van der Waals surface area contributed by atoms with Crippen molar-refractivity contribution in [2.45, 2.75) is 39.2 Å². The van der Waals surface area contributed by atoms with E-state index in [1.54, 1.807) is 16.2 Å². The maximum absolute atomic E-state index is 11.6. The second kappa shape index (κ2) is 4.35. The third kappa shape index (κ3) is 2.12. The molecule has 2 heterocycles. The zero-order valence-corrected chi connectivity index (χ0v) is 11.9. The number of amidine groups is 1. The Kier molecular flexibility index (Phi) is 3.14. The fourth-order valence-corrected chi connectivity index (χ4v) is 2.82. The molecule has 1 unspecified atom stereocenters. The zero-order valence-electron chi connectivity index (χ0n) is 11.1. The largest absolute Gasteiger partial charge is 0.385 e. The molecule has 5 nitrogen and oxygen atoms in total. The first kappa shape index (κ1) is 13.0. The summed E-state index contributed by atoms with van der Waals surface area (Å²) in [5, 5.41) is 3.01. The Hall–Kier alpha value is -1.43. The van der Waals surface area contributed by atoms with E-state index in [0.717, 1.165) is 10.7 Å². The van der Waals surface area contributed by atoms with Gasteiger partial charge in [0.25, 0.3) is 0 Å². The molecule has 1 aromatic heterocycles. The van der Waals surface area contributed by atoms with Crippen LogP contribution in [0.2, 0.25) is 0 Å². The van der Waals surface area contributed by atoms with Crippen LogP contribution in [0, 0.1) is 0 Å². The van der Waals surface area contributed by atoms with Crippen molar-refractivity contribution in [1.82, 2.24) is 9.88 Å². The Bertz CT molecular complexity index is 500. The molecule has 2 rings (SSSR count). The van der Waals surface area contributed by atoms with Gasteiger partial charge in [0, 0.05) is 17.3 Å². The minimum absolute atomic E-state index is 0.00841. The lowest BCUT2D eigenvalue weighted by atomic mass is 9.98. The van der Waals surface area contributed by atoms with Gasteiger partial charge in [-0.15, -0.1) is 11.3 Å². The molecule has 0 saturated carbocycles. The molecule has 0 bridgehead atoms. The predicted molar refractivity (Wildman–Crippen MR) is 73.0 cm³/mol. The van der Waals surface area contributed by atoms with Gasteiger partial charge in [-0.2, -0.15) is 4.99 Å². The van der Waals surface area contributed by atoms with E-state index < -0.39 is 0 Å². The summed E-state index contributed by atoms with van der Waals surface area (Å²) in [5.74, 6) is 0.340. The molecule has 18 heavy (non-hydrogen) atoms. The van der Waals surface area contributed by atoms with Gasteiger partial charge in [0.05, 0.1) is 10.7 Å². The molecule has 0 aromatic carbocycles. The van der Waals surface area contributed by atoms with Crippen molar-refractivity contribution in [3.63, 3.8) is 0 Å². The summed E-state index contributed by atoms with van der Waals surface area (Å²) in [7, 11) is 0. The van der Waals surface area contributed by atoms with Gasteiger partial charge in [-0.3, -0.25) is 0 Å². The monoisotopic (exact) mass is 266 g/mol. The summed E-state index contributed by atoms with van der Waals surface area (Å²) < 4.78 is 0. The lowest BCUT2D eigenvalue weighted by Crippen LogP contribution is -2.33. The summed E-state index contributed by atoms with van der Waals surface area (Å²) in [4.78, 5) is 21.7. The van der Waals surface area contributed by atoms with E-state index in [-0.39, 0.29) is 17.5 Å². The first-order valence-corrected chi connectivity index (χ1v) is 6.83. The highest BCUT2D eigenvalue weighted by atomic mass is 32.1. The molecule has 1 aliphatic heterocycles. The molecule has 2 amide bonds. The summed E-state index contributed by atoms with van der Waals surface area (Å²) in [6, 6.07) is -0.569. The number of urea groups is 1. The van der Waals surface area contributed by atoms with Crippen LogP contribution in [0.25, 0.3) is 0 Å². The third-order valence-electron chi connectivity index (χ3n) is 2.85. The lowest BCUT2D eigenvalue weighted by Gasteiger charge is -2.21. The number of carbonyl (C=O) groups is 1. The summed E-state index contributed by atoms with van der Waals surface area (Å²) in [6.45, 7) is 8.84. The van der Waals surface area contributed by atoms with Gasteiger partial charge in [0.1, 0.15) is 11.9 Å². The fraction of sp³-hybridized carbons (Fsp3) is 0.583. The lowest BCUT2D eigenvalue weighted by molar-refractivity contribution is 0.209. The van der Waals surface area contributed by atoms with E-state index in [4.69, 9.17) is 5.73 Å². The van der Waals surface area contributed by atoms with Gasteiger partial charge in [-0.1, -0.05) is 20.8 Å². The molecule has 0 radical (unpaired) electrons. The number of thiazole rings is 1. The SMILES string of the molecule is CCN1C(=O)N=C(N)C1c1csc(C(C)(C)C)n1.